The summed E-state index contributed by atoms with van der Waals surface area (Å²) in [5, 5.41) is 0. The summed E-state index contributed by atoms with van der Waals surface area (Å²) in [5.41, 5.74) is 1.28. The third-order valence-electron chi connectivity index (χ3n) is 4.46. The van der Waals surface area contributed by atoms with Crippen molar-refractivity contribution in [2.75, 3.05) is 6.61 Å². The van der Waals surface area contributed by atoms with Gasteiger partial charge in [0.15, 0.2) is 0 Å². The summed E-state index contributed by atoms with van der Waals surface area (Å²) in [4.78, 5) is 7.87. The van der Waals surface area contributed by atoms with Gasteiger partial charge in [0, 0.05) is 26.6 Å². The van der Waals surface area contributed by atoms with E-state index in [0.29, 0.717) is 6.61 Å². The van der Waals surface area contributed by atoms with Crippen molar-refractivity contribution in [2.45, 2.75) is 77.2 Å². The van der Waals surface area contributed by atoms with E-state index in [1.54, 1.807) is 0 Å². The van der Waals surface area contributed by atoms with Crippen LogP contribution in [0.2, 0.25) is 25.7 Å². The first-order valence-corrected chi connectivity index (χ1v) is 12.3. The molecule has 1 aliphatic carbocycles. The van der Waals surface area contributed by atoms with E-state index in [9.17, 15) is 0 Å². The summed E-state index contributed by atoms with van der Waals surface area (Å²) in [5.74, 6) is 1.93. The normalized spacial score (nSPS) is 17.3. The molecule has 0 spiro atoms. The number of nitrogens with one attached hydrogen (secondary N) is 1. The molecule has 1 heterocycles. The van der Waals surface area contributed by atoms with Crippen LogP contribution in [0.15, 0.2) is 6.20 Å². The molecule has 1 aromatic heterocycles. The monoisotopic (exact) mass is 308 g/mol. The van der Waals surface area contributed by atoms with Crippen LogP contribution in [-0.4, -0.2) is 24.6 Å². The molecule has 0 atom stereocenters. The molecule has 0 aromatic carbocycles. The number of nitrogens with zero attached hydrogens (tertiary/aromatic N) is 1. The van der Waals surface area contributed by atoms with Crippen LogP contribution < -0.4 is 0 Å². The molecule has 1 saturated carbocycles. The van der Waals surface area contributed by atoms with Gasteiger partial charge >= 0.3 is 0 Å². The first-order valence-electron chi connectivity index (χ1n) is 8.63. The van der Waals surface area contributed by atoms with Crippen LogP contribution in [0.1, 0.15) is 50.0 Å². The topological polar surface area (TPSA) is 37.9 Å². The van der Waals surface area contributed by atoms with Gasteiger partial charge in [-0.2, -0.15) is 0 Å². The molecule has 1 fully saturated rings. The number of aromatic amines is 1. The number of hydrogen-bond donors (Lipinski definition) is 1. The second-order valence-electron chi connectivity index (χ2n) is 7.76. The van der Waals surface area contributed by atoms with Crippen LogP contribution in [0, 0.1) is 5.92 Å². The predicted octanol–water partition coefficient (Wildman–Crippen LogP) is 4.78. The van der Waals surface area contributed by atoms with E-state index in [2.05, 4.69) is 29.6 Å². The summed E-state index contributed by atoms with van der Waals surface area (Å²) in [7, 11) is -0.978. The minimum Gasteiger partial charge on any atom is -0.374 e. The molecule has 0 saturated heterocycles. The van der Waals surface area contributed by atoms with E-state index in [-0.39, 0.29) is 0 Å². The Morgan fingerprint density at radius 2 is 2.00 bits per heavy atom. The smallest absolute Gasteiger partial charge is 0.132 e. The molecule has 1 aliphatic rings. The standard InChI is InChI=1S/C17H32N2OSi/c1-21(2,3)12-11-20-14-17-18-13-16(19-17)10-9-15-7-5-4-6-8-15/h13,15H,4-12,14H2,1-3H3,(H,18,19). The van der Waals surface area contributed by atoms with Crippen molar-refractivity contribution in [3.8, 4) is 0 Å². The zero-order valence-electron chi connectivity index (χ0n) is 14.1. The Morgan fingerprint density at radius 1 is 1.24 bits per heavy atom. The Bertz CT molecular complexity index is 405. The lowest BCUT2D eigenvalue weighted by Crippen LogP contribution is -2.21. The first kappa shape index (κ1) is 16.8. The van der Waals surface area contributed by atoms with Crippen LogP contribution in [0.4, 0.5) is 0 Å². The molecule has 1 aromatic rings. The van der Waals surface area contributed by atoms with E-state index < -0.39 is 8.07 Å². The molecule has 0 aliphatic heterocycles. The van der Waals surface area contributed by atoms with Crippen LogP contribution in [0.5, 0.6) is 0 Å². The highest BCUT2D eigenvalue weighted by Gasteiger charge is 2.14. The molecule has 4 heteroatoms. The lowest BCUT2D eigenvalue weighted by Gasteiger charge is -2.20. The van der Waals surface area contributed by atoms with Crippen molar-refractivity contribution < 1.29 is 4.74 Å². The maximum atomic E-state index is 5.74. The highest BCUT2D eigenvalue weighted by atomic mass is 28.3. The number of H-pyrrole nitrogens is 1. The quantitative estimate of drug-likeness (QED) is 0.554. The van der Waals surface area contributed by atoms with Crippen molar-refractivity contribution in [1.82, 2.24) is 9.97 Å². The lowest BCUT2D eigenvalue weighted by atomic mass is 9.86. The highest BCUT2D eigenvalue weighted by molar-refractivity contribution is 6.76. The van der Waals surface area contributed by atoms with Crippen LogP contribution >= 0.6 is 0 Å². The fourth-order valence-corrected chi connectivity index (χ4v) is 3.75. The van der Waals surface area contributed by atoms with Gasteiger partial charge in [-0.15, -0.1) is 0 Å². The summed E-state index contributed by atoms with van der Waals surface area (Å²) >= 11 is 0. The van der Waals surface area contributed by atoms with Crippen molar-refractivity contribution in [2.24, 2.45) is 5.92 Å². The van der Waals surface area contributed by atoms with Gasteiger partial charge in [0.05, 0.1) is 0 Å². The number of aryl methyl sites for hydroxylation is 1. The van der Waals surface area contributed by atoms with Gasteiger partial charge < -0.3 is 9.72 Å². The molecule has 0 bridgehead atoms. The Balaban J connectivity index is 1.64. The van der Waals surface area contributed by atoms with Gasteiger partial charge in [-0.25, -0.2) is 4.98 Å². The van der Waals surface area contributed by atoms with Crippen LogP contribution in [0.3, 0.4) is 0 Å². The van der Waals surface area contributed by atoms with E-state index in [1.165, 1.54) is 50.3 Å². The maximum absolute atomic E-state index is 5.74. The third kappa shape index (κ3) is 6.79. The van der Waals surface area contributed by atoms with Crippen molar-refractivity contribution in [3.63, 3.8) is 0 Å². The lowest BCUT2D eigenvalue weighted by molar-refractivity contribution is 0.128. The van der Waals surface area contributed by atoms with E-state index in [0.717, 1.165) is 24.8 Å². The van der Waals surface area contributed by atoms with Crippen molar-refractivity contribution in [3.05, 3.63) is 17.7 Å². The van der Waals surface area contributed by atoms with Gasteiger partial charge in [-0.3, -0.25) is 0 Å². The van der Waals surface area contributed by atoms with Gasteiger partial charge in [-0.1, -0.05) is 51.7 Å². The fourth-order valence-electron chi connectivity index (χ4n) is 2.99. The zero-order chi connectivity index (χ0) is 15.1. The Kier molecular flexibility index (Phi) is 6.49. The average molecular weight is 309 g/mol. The second-order valence-corrected chi connectivity index (χ2v) is 13.4. The Hall–Kier alpha value is -0.613. The van der Waals surface area contributed by atoms with Gasteiger partial charge in [0.1, 0.15) is 12.4 Å². The first-order chi connectivity index (χ1) is 10.0. The highest BCUT2D eigenvalue weighted by Crippen LogP contribution is 2.27. The number of aromatic nitrogens is 2. The number of hydrogen-bond acceptors (Lipinski definition) is 2. The minimum atomic E-state index is -0.978. The van der Waals surface area contributed by atoms with Crippen LogP contribution in [0.25, 0.3) is 0 Å². The fraction of sp³-hybridized carbons (Fsp3) is 0.824. The van der Waals surface area contributed by atoms with E-state index in [4.69, 9.17) is 4.74 Å². The number of rotatable bonds is 8. The molecule has 0 radical (unpaired) electrons. The minimum absolute atomic E-state index is 0.633. The maximum Gasteiger partial charge on any atom is 0.132 e. The number of ether oxygens (including phenoxy) is 1. The number of imidazole rings is 1. The molecular weight excluding hydrogens is 276 g/mol. The molecule has 0 unspecified atom stereocenters. The SMILES string of the molecule is C[Si](C)(C)CCOCc1ncc(CCC2CCCCC2)[nH]1. The Morgan fingerprint density at radius 3 is 2.71 bits per heavy atom. The van der Waals surface area contributed by atoms with E-state index >= 15 is 0 Å². The molecule has 2 rings (SSSR count). The molecule has 0 amide bonds. The molecular formula is C17H32N2OSi. The zero-order valence-corrected chi connectivity index (χ0v) is 15.1. The Labute approximate surface area is 130 Å². The largest absolute Gasteiger partial charge is 0.374 e. The molecule has 1 N–H and O–H groups in total. The predicted molar refractivity (Wildman–Crippen MR) is 91.3 cm³/mol. The molecule has 3 nitrogen and oxygen atoms in total. The summed E-state index contributed by atoms with van der Waals surface area (Å²) in [6.07, 6.45) is 11.6. The summed E-state index contributed by atoms with van der Waals surface area (Å²) < 4.78 is 5.74. The summed E-state index contributed by atoms with van der Waals surface area (Å²) in [6, 6.07) is 1.22. The van der Waals surface area contributed by atoms with Gasteiger partial charge in [0.2, 0.25) is 0 Å². The van der Waals surface area contributed by atoms with Gasteiger partial charge in [-0.05, 0) is 24.8 Å². The third-order valence-corrected chi connectivity index (χ3v) is 6.17. The average Bonchev–Trinajstić information content (AvgIpc) is 2.89. The summed E-state index contributed by atoms with van der Waals surface area (Å²) in [6.45, 7) is 8.65. The van der Waals surface area contributed by atoms with Gasteiger partial charge in [0.25, 0.3) is 0 Å². The second kappa shape index (κ2) is 8.13. The van der Waals surface area contributed by atoms with Crippen molar-refractivity contribution >= 4 is 8.07 Å². The molecule has 21 heavy (non-hydrogen) atoms. The van der Waals surface area contributed by atoms with Crippen molar-refractivity contribution in [1.29, 1.82) is 0 Å². The van der Waals surface area contributed by atoms with Crippen LogP contribution in [-0.2, 0) is 17.8 Å². The van der Waals surface area contributed by atoms with E-state index in [1.807, 2.05) is 6.20 Å². The molecule has 120 valence electrons.